The predicted octanol–water partition coefficient (Wildman–Crippen LogP) is 1.87. The third-order valence-corrected chi connectivity index (χ3v) is 3.01. The summed E-state index contributed by atoms with van der Waals surface area (Å²) in [6, 6.07) is 4.51. The van der Waals surface area contributed by atoms with Crippen molar-refractivity contribution < 1.29 is 13.9 Å². The molecule has 108 valence electrons. The third-order valence-electron chi connectivity index (χ3n) is 3.01. The van der Waals surface area contributed by atoms with Gasteiger partial charge < -0.3 is 14.4 Å². The van der Waals surface area contributed by atoms with Gasteiger partial charge in [0.2, 0.25) is 0 Å². The molecule has 0 radical (unpaired) electrons. The molecule has 2 rings (SSSR count). The maximum atomic E-state index is 13.5. The molecule has 0 amide bonds. The van der Waals surface area contributed by atoms with Crippen molar-refractivity contribution in [3.05, 3.63) is 30.3 Å². The summed E-state index contributed by atoms with van der Waals surface area (Å²) in [6.45, 7) is 2.43. The highest BCUT2D eigenvalue weighted by Gasteiger charge is 2.12. The van der Waals surface area contributed by atoms with Gasteiger partial charge in [0, 0.05) is 32.7 Å². The molecule has 0 N–H and O–H groups in total. The third kappa shape index (κ3) is 3.40. The zero-order chi connectivity index (χ0) is 14.4. The molecule has 5 nitrogen and oxygen atoms in total. The summed E-state index contributed by atoms with van der Waals surface area (Å²) >= 11 is 0. The molecule has 0 unspecified atom stereocenters. The minimum Gasteiger partial charge on any atom is -0.383 e. The molecule has 0 aliphatic heterocycles. The van der Waals surface area contributed by atoms with Gasteiger partial charge in [0.1, 0.15) is 18.0 Å². The van der Waals surface area contributed by atoms with Crippen LogP contribution >= 0.6 is 0 Å². The van der Waals surface area contributed by atoms with Gasteiger partial charge in [0.25, 0.3) is 0 Å². The highest BCUT2D eigenvalue weighted by Crippen LogP contribution is 2.23. The number of fused-ring (bicyclic) bond motifs is 1. The molecule has 1 aromatic heterocycles. The normalized spacial score (nSPS) is 10.9. The van der Waals surface area contributed by atoms with Crippen LogP contribution in [0.25, 0.3) is 10.9 Å². The summed E-state index contributed by atoms with van der Waals surface area (Å²) in [5.41, 5.74) is 0.719. The van der Waals surface area contributed by atoms with Crippen LogP contribution in [-0.4, -0.2) is 50.5 Å². The number of halogens is 1. The Labute approximate surface area is 117 Å². The molecule has 2 aromatic rings. The Morgan fingerprint density at radius 2 is 1.80 bits per heavy atom. The second kappa shape index (κ2) is 7.12. The van der Waals surface area contributed by atoms with Gasteiger partial charge in [-0.05, 0) is 18.2 Å². The van der Waals surface area contributed by atoms with E-state index in [1.807, 2.05) is 4.90 Å². The molecule has 0 saturated heterocycles. The van der Waals surface area contributed by atoms with Crippen LogP contribution in [0.4, 0.5) is 10.2 Å². The van der Waals surface area contributed by atoms with Crippen molar-refractivity contribution in [1.29, 1.82) is 0 Å². The largest absolute Gasteiger partial charge is 0.383 e. The standard InChI is InChI=1S/C14H18FN3O2/c1-19-7-5-18(6-8-20-2)14-12-9-11(15)3-4-13(12)16-10-17-14/h3-4,9-10H,5-8H2,1-2H3. The minimum absolute atomic E-state index is 0.299. The first kappa shape index (κ1) is 14.6. The number of hydrogen-bond acceptors (Lipinski definition) is 5. The fourth-order valence-electron chi connectivity index (χ4n) is 1.99. The van der Waals surface area contributed by atoms with Crippen molar-refractivity contribution in [3.63, 3.8) is 0 Å². The quantitative estimate of drug-likeness (QED) is 0.774. The van der Waals surface area contributed by atoms with E-state index >= 15 is 0 Å². The number of methoxy groups -OCH3 is 2. The lowest BCUT2D eigenvalue weighted by Crippen LogP contribution is -2.31. The summed E-state index contributed by atoms with van der Waals surface area (Å²) in [6.07, 6.45) is 1.49. The summed E-state index contributed by atoms with van der Waals surface area (Å²) < 4.78 is 23.7. The van der Waals surface area contributed by atoms with Gasteiger partial charge in [-0.15, -0.1) is 0 Å². The molecule has 1 heterocycles. The lowest BCUT2D eigenvalue weighted by molar-refractivity contribution is 0.190. The SMILES string of the molecule is COCCN(CCOC)c1ncnc2ccc(F)cc12. The van der Waals surface area contributed by atoms with E-state index in [0.717, 1.165) is 5.52 Å². The lowest BCUT2D eigenvalue weighted by Gasteiger charge is -2.24. The highest BCUT2D eigenvalue weighted by atomic mass is 19.1. The van der Waals surface area contributed by atoms with Crippen LogP contribution in [0.1, 0.15) is 0 Å². The fourth-order valence-corrected chi connectivity index (χ4v) is 1.99. The van der Waals surface area contributed by atoms with E-state index in [2.05, 4.69) is 9.97 Å². The Balaban J connectivity index is 2.37. The topological polar surface area (TPSA) is 47.5 Å². The van der Waals surface area contributed by atoms with Crippen LogP contribution < -0.4 is 4.90 Å². The van der Waals surface area contributed by atoms with Crippen LogP contribution in [0.2, 0.25) is 0 Å². The molecule has 0 fully saturated rings. The smallest absolute Gasteiger partial charge is 0.140 e. The van der Waals surface area contributed by atoms with Crippen molar-refractivity contribution >= 4 is 16.7 Å². The van der Waals surface area contributed by atoms with Gasteiger partial charge in [-0.1, -0.05) is 0 Å². The first-order valence-corrected chi connectivity index (χ1v) is 6.39. The average molecular weight is 279 g/mol. The lowest BCUT2D eigenvalue weighted by atomic mass is 10.2. The van der Waals surface area contributed by atoms with Crippen LogP contribution in [0.15, 0.2) is 24.5 Å². The van der Waals surface area contributed by atoms with Crippen molar-refractivity contribution in [2.24, 2.45) is 0 Å². The Hall–Kier alpha value is -1.79. The zero-order valence-corrected chi connectivity index (χ0v) is 11.7. The monoisotopic (exact) mass is 279 g/mol. The molecule has 0 bridgehead atoms. The molecule has 20 heavy (non-hydrogen) atoms. The number of hydrogen-bond donors (Lipinski definition) is 0. The maximum absolute atomic E-state index is 13.5. The minimum atomic E-state index is -0.299. The van der Waals surface area contributed by atoms with Crippen LogP contribution in [-0.2, 0) is 9.47 Å². The molecular weight excluding hydrogens is 261 g/mol. The van der Waals surface area contributed by atoms with Crippen molar-refractivity contribution in [2.75, 3.05) is 45.4 Å². The van der Waals surface area contributed by atoms with Crippen LogP contribution in [0, 0.1) is 5.82 Å². The second-order valence-corrected chi connectivity index (χ2v) is 4.33. The Kier molecular flexibility index (Phi) is 5.20. The number of anilines is 1. The van der Waals surface area contributed by atoms with Gasteiger partial charge >= 0.3 is 0 Å². The Bertz CT molecular complexity index is 557. The summed E-state index contributed by atoms with van der Waals surface area (Å²) in [5, 5.41) is 0.694. The molecule has 1 aromatic carbocycles. The Morgan fingerprint density at radius 3 is 2.45 bits per heavy atom. The number of nitrogens with zero attached hydrogens (tertiary/aromatic N) is 3. The van der Waals surface area contributed by atoms with E-state index in [4.69, 9.17) is 9.47 Å². The van der Waals surface area contributed by atoms with E-state index in [0.29, 0.717) is 37.5 Å². The van der Waals surface area contributed by atoms with Gasteiger partial charge in [-0.3, -0.25) is 0 Å². The fraction of sp³-hybridized carbons (Fsp3) is 0.429. The molecule has 0 spiro atoms. The molecule has 0 aliphatic rings. The van der Waals surface area contributed by atoms with E-state index in [9.17, 15) is 4.39 Å². The Morgan fingerprint density at radius 1 is 1.10 bits per heavy atom. The summed E-state index contributed by atoms with van der Waals surface area (Å²) in [4.78, 5) is 10.5. The maximum Gasteiger partial charge on any atom is 0.140 e. The predicted molar refractivity (Wildman–Crippen MR) is 75.5 cm³/mol. The number of aromatic nitrogens is 2. The number of rotatable bonds is 7. The first-order chi connectivity index (χ1) is 9.76. The van der Waals surface area contributed by atoms with Crippen molar-refractivity contribution in [3.8, 4) is 0 Å². The number of ether oxygens (including phenoxy) is 2. The summed E-state index contributed by atoms with van der Waals surface area (Å²) in [7, 11) is 3.29. The molecule has 0 atom stereocenters. The number of benzene rings is 1. The van der Waals surface area contributed by atoms with Crippen LogP contribution in [0.3, 0.4) is 0 Å². The van der Waals surface area contributed by atoms with Crippen LogP contribution in [0.5, 0.6) is 0 Å². The average Bonchev–Trinajstić information content (AvgIpc) is 2.47. The molecular formula is C14H18FN3O2. The molecule has 6 heteroatoms. The highest BCUT2D eigenvalue weighted by molar-refractivity contribution is 5.89. The van der Waals surface area contributed by atoms with E-state index < -0.39 is 0 Å². The zero-order valence-electron chi connectivity index (χ0n) is 11.7. The van der Waals surface area contributed by atoms with Gasteiger partial charge in [-0.2, -0.15) is 0 Å². The van der Waals surface area contributed by atoms with Gasteiger partial charge in [-0.25, -0.2) is 14.4 Å². The van der Waals surface area contributed by atoms with E-state index in [-0.39, 0.29) is 5.82 Å². The summed E-state index contributed by atoms with van der Waals surface area (Å²) in [5.74, 6) is 0.399. The molecule has 0 aliphatic carbocycles. The second-order valence-electron chi connectivity index (χ2n) is 4.33. The van der Waals surface area contributed by atoms with Crippen molar-refractivity contribution in [2.45, 2.75) is 0 Å². The van der Waals surface area contributed by atoms with Gasteiger partial charge in [0.15, 0.2) is 0 Å². The van der Waals surface area contributed by atoms with E-state index in [1.165, 1.54) is 18.5 Å². The van der Waals surface area contributed by atoms with E-state index in [1.54, 1.807) is 20.3 Å². The van der Waals surface area contributed by atoms with Gasteiger partial charge in [0.05, 0.1) is 18.7 Å². The van der Waals surface area contributed by atoms with Crippen molar-refractivity contribution in [1.82, 2.24) is 9.97 Å². The molecule has 0 saturated carbocycles. The first-order valence-electron chi connectivity index (χ1n) is 6.39.